The van der Waals surface area contributed by atoms with Gasteiger partial charge in [0.25, 0.3) is 17.7 Å². The lowest BCUT2D eigenvalue weighted by molar-refractivity contribution is -0.123. The van der Waals surface area contributed by atoms with Gasteiger partial charge in [-0.3, -0.25) is 38.4 Å². The van der Waals surface area contributed by atoms with E-state index in [4.69, 9.17) is 14.5 Å². The number of carbonyl (C=O) groups excluding carboxylic acids is 5. The van der Waals surface area contributed by atoms with Crippen LogP contribution in [-0.2, 0) is 14.4 Å². The number of fused-ring (bicyclic) bond motifs is 4. The van der Waals surface area contributed by atoms with Crippen molar-refractivity contribution in [3.63, 3.8) is 0 Å². The average molecular weight is 841 g/mol. The van der Waals surface area contributed by atoms with Gasteiger partial charge in [0, 0.05) is 40.4 Å². The van der Waals surface area contributed by atoms with Crippen LogP contribution in [0.3, 0.4) is 0 Å². The number of carbonyl (C=O) groups is 5. The zero-order chi connectivity index (χ0) is 42.9. The summed E-state index contributed by atoms with van der Waals surface area (Å²) in [6.07, 6.45) is 1.02. The average Bonchev–Trinajstić information content (AvgIpc) is 3.82. The van der Waals surface area contributed by atoms with Crippen LogP contribution in [0.5, 0.6) is 11.5 Å². The molecule has 5 heterocycles. The third-order valence-electron chi connectivity index (χ3n) is 10.9. The molecule has 15 nitrogen and oxygen atoms in total. The van der Waals surface area contributed by atoms with Crippen molar-refractivity contribution in [3.8, 4) is 16.5 Å². The number of amides is 5. The summed E-state index contributed by atoms with van der Waals surface area (Å²) in [6.45, 7) is 12.2. The second kappa shape index (κ2) is 17.0. The number of aryl methyl sites for hydroxylation is 3. The number of thiophene rings is 1. The Morgan fingerprint density at radius 2 is 1.69 bits per heavy atom. The second-order valence-corrected chi connectivity index (χ2v) is 16.4. The lowest BCUT2D eigenvalue weighted by Gasteiger charge is -2.31. The van der Waals surface area contributed by atoms with Crippen molar-refractivity contribution in [2.24, 2.45) is 4.99 Å². The Labute approximate surface area is 355 Å². The molecule has 1 fully saturated rings. The van der Waals surface area contributed by atoms with Gasteiger partial charge in [0.2, 0.25) is 11.8 Å². The summed E-state index contributed by atoms with van der Waals surface area (Å²) < 4.78 is 13.8. The summed E-state index contributed by atoms with van der Waals surface area (Å²) in [6, 6.07) is 18.7. The summed E-state index contributed by atoms with van der Waals surface area (Å²) in [7, 11) is 0. The minimum Gasteiger partial charge on any atom is -0.494 e. The molecule has 3 aromatic carbocycles. The molecule has 0 aliphatic carbocycles. The topological polar surface area (TPSA) is 186 Å². The molecule has 16 heteroatoms. The first-order chi connectivity index (χ1) is 29.4. The van der Waals surface area contributed by atoms with E-state index >= 15 is 0 Å². The maximum Gasteiger partial charge on any atom is 0.265 e. The van der Waals surface area contributed by atoms with Crippen LogP contribution in [0, 0.1) is 27.7 Å². The molecular weight excluding hydrogens is 797 g/mol. The summed E-state index contributed by atoms with van der Waals surface area (Å²) >= 11 is 1.65. The van der Waals surface area contributed by atoms with Crippen LogP contribution in [-0.4, -0.2) is 80.7 Å². The number of ether oxygens (including phenoxy) is 2. The van der Waals surface area contributed by atoms with E-state index in [-0.39, 0.29) is 60.3 Å². The Balaban J connectivity index is 0.875. The van der Waals surface area contributed by atoms with Gasteiger partial charge in [-0.1, -0.05) is 30.3 Å². The number of hydrogen-bond acceptors (Lipinski definition) is 11. The van der Waals surface area contributed by atoms with Gasteiger partial charge in [0.1, 0.15) is 28.4 Å². The lowest BCUT2D eigenvalue weighted by atomic mass is 9.99. The fourth-order valence-corrected chi connectivity index (χ4v) is 8.88. The maximum atomic E-state index is 13.4. The minimum atomic E-state index is -0.668. The highest BCUT2D eigenvalue weighted by atomic mass is 32.1. The molecule has 3 aliphatic rings. The third kappa shape index (κ3) is 8.18. The minimum absolute atomic E-state index is 0.0695. The number of nitrogens with one attached hydrogen (secondary N) is 3. The number of benzene rings is 3. The molecule has 5 aromatic rings. The number of hydrogen-bond donors (Lipinski definition) is 3. The lowest BCUT2D eigenvalue weighted by Crippen LogP contribution is -2.48. The number of anilines is 1. The smallest absolute Gasteiger partial charge is 0.265 e. The van der Waals surface area contributed by atoms with Crippen molar-refractivity contribution in [1.29, 1.82) is 0 Å². The molecule has 0 saturated carbocycles. The first-order valence-corrected chi connectivity index (χ1v) is 20.8. The molecule has 3 aliphatic heterocycles. The van der Waals surface area contributed by atoms with Crippen LogP contribution < -0.4 is 25.4 Å². The number of aromatic nitrogens is 3. The quantitative estimate of drug-likeness (QED) is 0.0969. The number of rotatable bonds is 13. The van der Waals surface area contributed by atoms with Gasteiger partial charge in [0.15, 0.2) is 12.4 Å². The van der Waals surface area contributed by atoms with Gasteiger partial charge in [-0.05, 0) is 94.6 Å². The van der Waals surface area contributed by atoms with E-state index < -0.39 is 29.8 Å². The van der Waals surface area contributed by atoms with E-state index in [0.29, 0.717) is 42.7 Å². The molecule has 61 heavy (non-hydrogen) atoms. The third-order valence-corrected chi connectivity index (χ3v) is 12.1. The largest absolute Gasteiger partial charge is 0.494 e. The van der Waals surface area contributed by atoms with Crippen molar-refractivity contribution >= 4 is 52.3 Å². The van der Waals surface area contributed by atoms with E-state index in [1.807, 2.05) is 66.9 Å². The molecule has 0 bridgehead atoms. The Bertz CT molecular complexity index is 2630. The summed E-state index contributed by atoms with van der Waals surface area (Å²) in [5.74, 6) is 0.218. The van der Waals surface area contributed by atoms with Gasteiger partial charge in [-0.2, -0.15) is 0 Å². The highest BCUT2D eigenvalue weighted by molar-refractivity contribution is 7.15. The molecule has 8 rings (SSSR count). The van der Waals surface area contributed by atoms with Gasteiger partial charge >= 0.3 is 0 Å². The van der Waals surface area contributed by atoms with Crippen molar-refractivity contribution in [3.05, 3.63) is 129 Å². The van der Waals surface area contributed by atoms with E-state index in [0.717, 1.165) is 42.7 Å². The molecule has 3 N–H and O–H groups in total. The Kier molecular flexibility index (Phi) is 11.4. The van der Waals surface area contributed by atoms with Crippen LogP contribution in [0.4, 0.5) is 5.69 Å². The summed E-state index contributed by atoms with van der Waals surface area (Å²) in [5.41, 5.74) is 6.03. The monoisotopic (exact) mass is 840 g/mol. The van der Waals surface area contributed by atoms with Crippen LogP contribution in [0.1, 0.15) is 91.2 Å². The predicted octanol–water partition coefficient (Wildman–Crippen LogP) is 5.84. The number of aliphatic imine (C=N–C) groups is 1. The van der Waals surface area contributed by atoms with Crippen molar-refractivity contribution < 1.29 is 33.4 Å². The molecule has 5 amide bonds. The molecular formula is C45H44N8O7S. The number of imide groups is 1. The number of piperidine rings is 1. The van der Waals surface area contributed by atoms with E-state index in [1.165, 1.54) is 6.07 Å². The van der Waals surface area contributed by atoms with Crippen LogP contribution in [0.15, 0.2) is 84.0 Å². The first-order valence-electron chi connectivity index (χ1n) is 20.0. The highest BCUT2D eigenvalue weighted by Gasteiger charge is 2.44. The van der Waals surface area contributed by atoms with Gasteiger partial charge in [-0.25, -0.2) is 0 Å². The Morgan fingerprint density at radius 1 is 0.918 bits per heavy atom. The molecule has 2 aromatic heterocycles. The van der Waals surface area contributed by atoms with E-state index in [1.54, 1.807) is 23.5 Å². The van der Waals surface area contributed by atoms with Crippen molar-refractivity contribution in [2.45, 2.75) is 65.5 Å². The fraction of sp³-hybridized carbons (Fsp3) is 0.289. The molecule has 0 radical (unpaired) electrons. The normalized spacial score (nSPS) is 16.9. The first kappa shape index (κ1) is 40.8. The Hall–Kier alpha value is -6.94. The van der Waals surface area contributed by atoms with Crippen LogP contribution in [0.25, 0.3) is 5.00 Å². The summed E-state index contributed by atoms with van der Waals surface area (Å²) in [5, 5.41) is 18.3. The Morgan fingerprint density at radius 3 is 2.44 bits per heavy atom. The van der Waals surface area contributed by atoms with Gasteiger partial charge in [0.05, 0.1) is 35.9 Å². The second-order valence-electron chi connectivity index (χ2n) is 15.2. The standard InChI is InChI=1S/C45H44N8O7S/c1-24-10-14-30(15-11-24)48-37(55)22-33-42-51-50-28(5)52(42)45-39(25(2)27(4)61-45)41(49-33)29-12-16-31(17-13-29)59-21-7-20-46-38(56)23-60-35-9-6-8-32-40(35)44(58)53(43(32)57)34-18-19-36(54)47-26(34)3/h6,8-17,33-34H,3,7,18-23H2,1-2,4-5H3,(H,46,56)(H,47,54)(H,48,55)/t33-,34?/m0/s1. The SMILES string of the molecule is C=C1NC(=O)CCC1N1C(=O)c2cccc(OCC(=O)NCCCOc3ccc(C4=N[C@@H](CC(=O)Nc5ccc(C)cc5)c5nnc(C)n5-c5sc(C)c(C)c54)cc3)c2C1=O. The maximum absolute atomic E-state index is 13.4. The van der Waals surface area contributed by atoms with Crippen LogP contribution in [0.2, 0.25) is 0 Å². The molecule has 1 unspecified atom stereocenters. The van der Waals surface area contributed by atoms with Gasteiger partial charge in [-0.15, -0.1) is 21.5 Å². The molecule has 2 atom stereocenters. The zero-order valence-electron chi connectivity index (χ0n) is 34.2. The van der Waals surface area contributed by atoms with Crippen molar-refractivity contribution in [2.75, 3.05) is 25.1 Å². The zero-order valence-corrected chi connectivity index (χ0v) is 35.0. The molecule has 0 spiro atoms. The van der Waals surface area contributed by atoms with Crippen LogP contribution >= 0.6 is 11.3 Å². The predicted molar refractivity (Wildman–Crippen MR) is 229 cm³/mol. The van der Waals surface area contributed by atoms with Crippen molar-refractivity contribution in [1.82, 2.24) is 30.3 Å². The van der Waals surface area contributed by atoms with Gasteiger partial charge < -0.3 is 25.4 Å². The highest BCUT2D eigenvalue weighted by Crippen LogP contribution is 2.40. The number of nitrogens with zero attached hydrogens (tertiary/aromatic N) is 5. The summed E-state index contributed by atoms with van der Waals surface area (Å²) in [4.78, 5) is 72.0. The fourth-order valence-electron chi connectivity index (χ4n) is 7.67. The van der Waals surface area contributed by atoms with E-state index in [2.05, 4.69) is 46.6 Å². The molecule has 1 saturated heterocycles. The molecule has 312 valence electrons. The van der Waals surface area contributed by atoms with E-state index in [9.17, 15) is 24.0 Å².